The third-order valence-corrected chi connectivity index (χ3v) is 4.77. The highest BCUT2D eigenvalue weighted by molar-refractivity contribution is 7.09. The summed E-state index contributed by atoms with van der Waals surface area (Å²) in [5, 5.41) is 12.7. The van der Waals surface area contributed by atoms with E-state index < -0.39 is 0 Å². The normalized spacial score (nSPS) is 14.7. The number of hydrogen-bond acceptors (Lipinski definition) is 5. The highest BCUT2D eigenvalue weighted by Gasteiger charge is 2.17. The molecule has 2 heterocycles. The van der Waals surface area contributed by atoms with Crippen LogP contribution in [0.4, 0.5) is 5.69 Å². The number of nitrogens with one attached hydrogen (secondary N) is 2. The van der Waals surface area contributed by atoms with Crippen LogP contribution in [-0.4, -0.2) is 32.6 Å². The number of hydrogen-bond donors (Lipinski definition) is 2. The van der Waals surface area contributed by atoms with Crippen LogP contribution in [0.5, 0.6) is 0 Å². The topological polar surface area (TPSA) is 88.9 Å². The van der Waals surface area contributed by atoms with Gasteiger partial charge >= 0.3 is 0 Å². The highest BCUT2D eigenvalue weighted by Crippen LogP contribution is 2.17. The van der Waals surface area contributed by atoms with Gasteiger partial charge in [0.1, 0.15) is 6.54 Å². The fourth-order valence-corrected chi connectivity index (χ4v) is 3.48. The number of amides is 2. The van der Waals surface area contributed by atoms with E-state index >= 15 is 0 Å². The summed E-state index contributed by atoms with van der Waals surface area (Å²) < 4.78 is 1.53. The van der Waals surface area contributed by atoms with Gasteiger partial charge in [-0.05, 0) is 19.8 Å². The molecule has 8 heteroatoms. The summed E-state index contributed by atoms with van der Waals surface area (Å²) in [6, 6.07) is 0.300. The quantitative estimate of drug-likeness (QED) is 0.835. The van der Waals surface area contributed by atoms with Crippen molar-refractivity contribution < 1.29 is 9.59 Å². The van der Waals surface area contributed by atoms with Crippen molar-refractivity contribution in [3.8, 4) is 0 Å². The van der Waals surface area contributed by atoms with Crippen LogP contribution in [-0.2, 0) is 22.6 Å². The number of anilines is 1. The predicted molar refractivity (Wildman–Crippen MR) is 91.8 cm³/mol. The van der Waals surface area contributed by atoms with Crippen LogP contribution >= 0.6 is 11.3 Å². The van der Waals surface area contributed by atoms with Crippen LogP contribution in [0.25, 0.3) is 0 Å². The zero-order valence-corrected chi connectivity index (χ0v) is 14.4. The molecule has 0 radical (unpaired) electrons. The molecule has 7 nitrogen and oxygen atoms in total. The van der Waals surface area contributed by atoms with E-state index in [1.807, 2.05) is 12.3 Å². The van der Waals surface area contributed by atoms with Gasteiger partial charge in [-0.15, -0.1) is 11.3 Å². The Balaban J connectivity index is 1.47. The number of nitrogens with zero attached hydrogens (tertiary/aromatic N) is 3. The smallest absolute Gasteiger partial charge is 0.241 e. The number of aromatic nitrogens is 3. The van der Waals surface area contributed by atoms with Crippen molar-refractivity contribution in [1.29, 1.82) is 0 Å². The lowest BCUT2D eigenvalue weighted by atomic mass is 10.2. The molecule has 1 fully saturated rings. The molecule has 0 unspecified atom stereocenters. The molecule has 2 aromatic rings. The molecule has 24 heavy (non-hydrogen) atoms. The number of thiazole rings is 1. The van der Waals surface area contributed by atoms with Gasteiger partial charge in [0.25, 0.3) is 0 Å². The van der Waals surface area contributed by atoms with E-state index in [1.54, 1.807) is 12.4 Å². The molecule has 1 aliphatic rings. The van der Waals surface area contributed by atoms with Gasteiger partial charge in [-0.25, -0.2) is 4.98 Å². The van der Waals surface area contributed by atoms with E-state index in [4.69, 9.17) is 0 Å². The van der Waals surface area contributed by atoms with Crippen molar-refractivity contribution in [2.75, 3.05) is 5.32 Å². The maximum atomic E-state index is 12.0. The molecule has 0 aliphatic heterocycles. The van der Waals surface area contributed by atoms with E-state index in [9.17, 15) is 9.59 Å². The Labute approximate surface area is 144 Å². The van der Waals surface area contributed by atoms with Gasteiger partial charge in [-0.3, -0.25) is 14.3 Å². The lowest BCUT2D eigenvalue weighted by Gasteiger charge is -2.11. The van der Waals surface area contributed by atoms with Crippen molar-refractivity contribution in [2.24, 2.45) is 0 Å². The molecule has 1 saturated carbocycles. The first-order valence-electron chi connectivity index (χ1n) is 8.11. The summed E-state index contributed by atoms with van der Waals surface area (Å²) in [6.07, 6.45) is 7.93. The Morgan fingerprint density at radius 3 is 2.83 bits per heavy atom. The van der Waals surface area contributed by atoms with Crippen LogP contribution in [0.15, 0.2) is 17.8 Å². The maximum Gasteiger partial charge on any atom is 0.241 e. The Morgan fingerprint density at radius 1 is 1.33 bits per heavy atom. The molecule has 0 saturated heterocycles. The van der Waals surface area contributed by atoms with Gasteiger partial charge in [0.2, 0.25) is 11.8 Å². The fraction of sp³-hybridized carbons (Fsp3) is 0.500. The Hall–Kier alpha value is -2.22. The zero-order valence-electron chi connectivity index (χ0n) is 13.6. The van der Waals surface area contributed by atoms with Crippen molar-refractivity contribution in [2.45, 2.75) is 51.6 Å². The Bertz CT molecular complexity index is 718. The first-order valence-corrected chi connectivity index (χ1v) is 8.99. The molecule has 128 valence electrons. The minimum atomic E-state index is -0.143. The van der Waals surface area contributed by atoms with Gasteiger partial charge in [-0.1, -0.05) is 12.8 Å². The predicted octanol–water partition coefficient (Wildman–Crippen LogP) is 1.89. The van der Waals surface area contributed by atoms with Crippen LogP contribution < -0.4 is 10.6 Å². The average Bonchev–Trinajstić information content (AvgIpc) is 3.23. The number of carbonyl (C=O) groups excluding carboxylic acids is 2. The molecule has 0 aromatic carbocycles. The summed E-state index contributed by atoms with van der Waals surface area (Å²) in [6.45, 7) is 2.07. The summed E-state index contributed by atoms with van der Waals surface area (Å²) in [4.78, 5) is 28.2. The largest absolute Gasteiger partial charge is 0.352 e. The highest BCUT2D eigenvalue weighted by atomic mass is 32.1. The van der Waals surface area contributed by atoms with Crippen molar-refractivity contribution in [1.82, 2.24) is 20.1 Å². The van der Waals surface area contributed by atoms with Crippen LogP contribution in [0, 0.1) is 6.92 Å². The first-order chi connectivity index (χ1) is 11.6. The molecule has 2 aromatic heterocycles. The van der Waals surface area contributed by atoms with Gasteiger partial charge in [-0.2, -0.15) is 5.10 Å². The lowest BCUT2D eigenvalue weighted by Crippen LogP contribution is -2.35. The van der Waals surface area contributed by atoms with Crippen LogP contribution in [0.3, 0.4) is 0 Å². The number of rotatable bonds is 6. The standard InChI is InChI=1S/C16H21N5O2S/c1-11-18-13(10-24-11)6-15(22)20-14-7-17-21(8-14)9-16(23)19-12-4-2-3-5-12/h7-8,10,12H,2-6,9H2,1H3,(H,19,23)(H,20,22). The molecule has 0 spiro atoms. The lowest BCUT2D eigenvalue weighted by molar-refractivity contribution is -0.122. The molecule has 0 atom stereocenters. The van der Waals surface area contributed by atoms with Crippen LogP contribution in [0.1, 0.15) is 36.4 Å². The van der Waals surface area contributed by atoms with Crippen LogP contribution in [0.2, 0.25) is 0 Å². The van der Waals surface area contributed by atoms with Gasteiger partial charge in [0.05, 0.1) is 29.0 Å². The number of aryl methyl sites for hydroxylation is 1. The van der Waals surface area contributed by atoms with Crippen molar-refractivity contribution in [3.63, 3.8) is 0 Å². The van der Waals surface area contributed by atoms with E-state index in [2.05, 4.69) is 20.7 Å². The van der Waals surface area contributed by atoms with Crippen molar-refractivity contribution >= 4 is 28.8 Å². The molecular weight excluding hydrogens is 326 g/mol. The Morgan fingerprint density at radius 2 is 2.12 bits per heavy atom. The van der Waals surface area contributed by atoms with Gasteiger partial charge < -0.3 is 10.6 Å². The monoisotopic (exact) mass is 347 g/mol. The molecule has 2 N–H and O–H groups in total. The molecule has 1 aliphatic carbocycles. The second-order valence-corrected chi connectivity index (χ2v) is 7.12. The summed E-state index contributed by atoms with van der Waals surface area (Å²) in [7, 11) is 0. The second kappa shape index (κ2) is 7.57. The average molecular weight is 347 g/mol. The van der Waals surface area contributed by atoms with E-state index in [0.29, 0.717) is 11.7 Å². The molecular formula is C16H21N5O2S. The third-order valence-electron chi connectivity index (χ3n) is 3.95. The number of carbonyl (C=O) groups is 2. The first kappa shape index (κ1) is 16.6. The maximum absolute atomic E-state index is 12.0. The summed E-state index contributed by atoms with van der Waals surface area (Å²) in [5.41, 5.74) is 1.35. The Kier molecular flexibility index (Phi) is 5.24. The SMILES string of the molecule is Cc1nc(CC(=O)Nc2cnn(CC(=O)NC3CCCC3)c2)cs1. The minimum Gasteiger partial charge on any atom is -0.352 e. The summed E-state index contributed by atoms with van der Waals surface area (Å²) >= 11 is 1.52. The van der Waals surface area contributed by atoms with E-state index in [-0.39, 0.29) is 24.8 Å². The van der Waals surface area contributed by atoms with Gasteiger partial charge in [0, 0.05) is 17.6 Å². The fourth-order valence-electron chi connectivity index (χ4n) is 2.86. The van der Waals surface area contributed by atoms with Gasteiger partial charge in [0.15, 0.2) is 0 Å². The third kappa shape index (κ3) is 4.64. The van der Waals surface area contributed by atoms with E-state index in [1.165, 1.54) is 28.9 Å². The zero-order chi connectivity index (χ0) is 16.9. The minimum absolute atomic E-state index is 0.0409. The molecule has 0 bridgehead atoms. The summed E-state index contributed by atoms with van der Waals surface area (Å²) in [5.74, 6) is -0.184. The second-order valence-electron chi connectivity index (χ2n) is 6.06. The van der Waals surface area contributed by atoms with Crippen molar-refractivity contribution in [3.05, 3.63) is 28.5 Å². The van der Waals surface area contributed by atoms with E-state index in [0.717, 1.165) is 23.5 Å². The molecule has 2 amide bonds. The molecule has 3 rings (SSSR count).